The first-order valence-corrected chi connectivity index (χ1v) is 19.1. The van der Waals surface area contributed by atoms with Crippen molar-refractivity contribution in [1.82, 2.24) is 24.6 Å². The van der Waals surface area contributed by atoms with Gasteiger partial charge >= 0.3 is 11.9 Å². The molecule has 16 nitrogen and oxygen atoms in total. The van der Waals surface area contributed by atoms with Crippen LogP contribution >= 0.6 is 7.52 Å². The van der Waals surface area contributed by atoms with Crippen LogP contribution in [0.3, 0.4) is 0 Å². The minimum Gasteiger partial charge on any atom is -0.466 e. The summed E-state index contributed by atoms with van der Waals surface area (Å²) in [5.41, 5.74) is 3.89. The van der Waals surface area contributed by atoms with E-state index in [0.29, 0.717) is 35.9 Å². The Morgan fingerprint density at radius 2 is 1.82 bits per heavy atom. The van der Waals surface area contributed by atoms with Gasteiger partial charge in [-0.3, -0.25) is 14.2 Å². The van der Waals surface area contributed by atoms with Gasteiger partial charge in [0.1, 0.15) is 35.5 Å². The molecule has 2 saturated carbocycles. The number of fused-ring (bicyclic) bond motifs is 2. The lowest BCUT2D eigenvalue weighted by molar-refractivity contribution is -0.150. The number of anilines is 2. The van der Waals surface area contributed by atoms with Crippen molar-refractivity contribution >= 4 is 42.4 Å². The number of ether oxygens (including phenoxy) is 3. The van der Waals surface area contributed by atoms with Gasteiger partial charge in [0.2, 0.25) is 5.95 Å². The number of hydrogen-bond acceptors (Lipinski definition) is 14. The highest BCUT2D eigenvalue weighted by molar-refractivity contribution is 7.56. The maximum Gasteiger partial charge on any atom is 0.323 e. The quantitative estimate of drug-likeness (QED) is 0.111. The molecule has 1 saturated heterocycles. The monoisotopic (exact) mass is 709 g/mol. The molecule has 0 aromatic carbocycles. The van der Waals surface area contributed by atoms with Crippen molar-refractivity contribution in [1.29, 1.82) is 0 Å². The van der Waals surface area contributed by atoms with Crippen molar-refractivity contribution in [3.8, 4) is 0 Å². The van der Waals surface area contributed by atoms with Gasteiger partial charge in [0.05, 0.1) is 32.1 Å². The van der Waals surface area contributed by atoms with E-state index in [4.69, 9.17) is 24.5 Å². The Kier molecular flexibility index (Phi) is 11.0. The van der Waals surface area contributed by atoms with Gasteiger partial charge < -0.3 is 44.6 Å². The zero-order chi connectivity index (χ0) is 35.9. The molecule has 0 radical (unpaired) electrons. The highest BCUT2D eigenvalue weighted by Crippen LogP contribution is 2.68. The van der Waals surface area contributed by atoms with Crippen LogP contribution in [0.1, 0.15) is 80.2 Å². The van der Waals surface area contributed by atoms with Gasteiger partial charge in [0, 0.05) is 12.2 Å². The number of esters is 2. The molecule has 0 spiro atoms. The van der Waals surface area contributed by atoms with Gasteiger partial charge in [0.25, 0.3) is 7.52 Å². The van der Waals surface area contributed by atoms with Gasteiger partial charge in [-0.15, -0.1) is 0 Å². The van der Waals surface area contributed by atoms with Crippen LogP contribution in [0.5, 0.6) is 0 Å². The summed E-state index contributed by atoms with van der Waals surface area (Å²) in [6, 6.07) is -1.40. The highest BCUT2D eigenvalue weighted by atomic mass is 31.2. The average Bonchev–Trinajstić information content (AvgIpc) is 3.85. The zero-order valence-corrected chi connectivity index (χ0v) is 30.3. The first kappa shape index (κ1) is 37.4. The molecular weight excluding hydrogens is 657 g/mol. The highest BCUT2D eigenvalue weighted by Gasteiger charge is 2.85. The van der Waals surface area contributed by atoms with Gasteiger partial charge in [-0.2, -0.15) is 9.97 Å². The number of rotatable bonds is 18. The van der Waals surface area contributed by atoms with Gasteiger partial charge in [-0.1, -0.05) is 27.7 Å². The van der Waals surface area contributed by atoms with E-state index in [1.54, 1.807) is 39.2 Å². The van der Waals surface area contributed by atoms with Crippen molar-refractivity contribution in [3.63, 3.8) is 0 Å². The molecule has 8 atom stereocenters. The molecule has 274 valence electrons. The summed E-state index contributed by atoms with van der Waals surface area (Å²) in [5, 5.41) is 29.5. The first-order chi connectivity index (χ1) is 23.1. The van der Waals surface area contributed by atoms with E-state index in [-0.39, 0.29) is 49.7 Å². The van der Waals surface area contributed by atoms with Crippen molar-refractivity contribution in [3.05, 3.63) is 6.33 Å². The molecule has 1 aliphatic heterocycles. The predicted octanol–water partition coefficient (Wildman–Crippen LogP) is 2.79. The number of nitrogen functional groups attached to an aromatic ring is 1. The number of nitrogens with two attached hydrogens (primary N) is 1. The van der Waals surface area contributed by atoms with Crippen molar-refractivity contribution in [2.45, 2.75) is 116 Å². The molecule has 5 rings (SSSR count). The summed E-state index contributed by atoms with van der Waals surface area (Å²) >= 11 is 0. The SMILES string of the molecule is CCOC(=O)C(CCCP(=O)(NC(C(=O)OCC)C(C)C)OCC1OC2(C)C(n3cnc4c(NC5CC5)nc(N)nc43)C2(O)C1O)C(C)C. The number of carbonyl (C=O) groups excluding carboxylic acids is 2. The number of aliphatic hydroxyl groups is 2. The summed E-state index contributed by atoms with van der Waals surface area (Å²) in [6.45, 7) is 12.6. The molecule has 8 unspecified atom stereocenters. The summed E-state index contributed by atoms with van der Waals surface area (Å²) in [6.07, 6.45) is 1.78. The van der Waals surface area contributed by atoms with E-state index in [1.807, 2.05) is 13.8 Å². The third-order valence-corrected chi connectivity index (χ3v) is 12.0. The van der Waals surface area contributed by atoms with E-state index in [2.05, 4.69) is 25.4 Å². The maximum atomic E-state index is 14.4. The summed E-state index contributed by atoms with van der Waals surface area (Å²) in [4.78, 5) is 38.6. The third-order valence-electron chi connectivity index (χ3n) is 9.84. The van der Waals surface area contributed by atoms with Crippen LogP contribution in [-0.2, 0) is 32.9 Å². The Balaban J connectivity index is 1.31. The molecule has 0 amide bonds. The van der Waals surface area contributed by atoms with Crippen molar-refractivity contribution in [2.75, 3.05) is 37.0 Å². The molecule has 2 aromatic heterocycles. The van der Waals surface area contributed by atoms with Crippen molar-refractivity contribution < 1.29 is 43.1 Å². The fraction of sp³-hybridized carbons (Fsp3) is 0.781. The Morgan fingerprint density at radius 1 is 1.14 bits per heavy atom. The number of imidazole rings is 1. The van der Waals surface area contributed by atoms with Crippen LogP contribution in [0.25, 0.3) is 11.2 Å². The third kappa shape index (κ3) is 7.31. The average molecular weight is 710 g/mol. The van der Waals surface area contributed by atoms with Crippen molar-refractivity contribution in [2.24, 2.45) is 17.8 Å². The molecule has 3 aliphatic rings. The molecular formula is C32H52N7O9P. The van der Waals surface area contributed by atoms with Crippen LogP contribution in [0.15, 0.2) is 6.33 Å². The maximum absolute atomic E-state index is 14.4. The largest absolute Gasteiger partial charge is 0.466 e. The van der Waals surface area contributed by atoms with Crippen LogP contribution in [0.2, 0.25) is 0 Å². The number of nitrogens with zero attached hydrogens (tertiary/aromatic N) is 4. The smallest absolute Gasteiger partial charge is 0.323 e. The molecule has 2 aliphatic carbocycles. The second-order valence-corrected chi connectivity index (χ2v) is 16.5. The zero-order valence-electron chi connectivity index (χ0n) is 29.4. The van der Waals surface area contributed by atoms with Gasteiger partial charge in [-0.25, -0.2) is 10.1 Å². The summed E-state index contributed by atoms with van der Waals surface area (Å²) in [5.74, 6) is -1.03. The van der Waals surface area contributed by atoms with Gasteiger partial charge in [-0.05, 0) is 58.3 Å². The lowest BCUT2D eigenvalue weighted by atomic mass is 9.91. The second kappa shape index (κ2) is 14.4. The number of hydrogen-bond donors (Lipinski definition) is 5. The fourth-order valence-electron chi connectivity index (χ4n) is 6.87. The van der Waals surface area contributed by atoms with E-state index in [0.717, 1.165) is 12.8 Å². The Labute approximate surface area is 286 Å². The first-order valence-electron chi connectivity index (χ1n) is 17.3. The number of carbonyl (C=O) groups is 2. The van der Waals surface area contributed by atoms with E-state index in [1.165, 1.54) is 6.33 Å². The van der Waals surface area contributed by atoms with E-state index < -0.39 is 54.9 Å². The van der Waals surface area contributed by atoms with E-state index in [9.17, 15) is 24.4 Å². The van der Waals surface area contributed by atoms with Crippen LogP contribution < -0.4 is 16.1 Å². The Bertz CT molecular complexity index is 1570. The topological polar surface area (TPSA) is 222 Å². The molecule has 0 bridgehead atoms. The van der Waals surface area contributed by atoms with Gasteiger partial charge in [0.15, 0.2) is 17.0 Å². The fourth-order valence-corrected chi connectivity index (χ4v) is 9.02. The molecule has 3 fully saturated rings. The molecule has 49 heavy (non-hydrogen) atoms. The van der Waals surface area contributed by atoms with E-state index >= 15 is 0 Å². The minimum absolute atomic E-state index is 0.00461. The molecule has 17 heteroatoms. The predicted molar refractivity (Wildman–Crippen MR) is 181 cm³/mol. The molecule has 6 N–H and O–H groups in total. The standard InChI is InChI=1S/C32H52N7O9P/c1-8-45-27(41)20(17(3)4)11-10-14-49(44,38-22(18(5)6)28(42)46-9-2)47-15-21-24(40)32(43)29(31(32,7)48-21)39-16-34-23-25(35-19-12-13-19)36-30(33)37-26(23)39/h16-22,24,29,40,43H,8-15H2,1-7H3,(H,38,44)(H3,33,35,36,37). The summed E-state index contributed by atoms with van der Waals surface area (Å²) in [7, 11) is -3.81. The molecule has 3 heterocycles. The number of nitrogens with one attached hydrogen (secondary N) is 2. The summed E-state index contributed by atoms with van der Waals surface area (Å²) < 4.78 is 38.8. The molecule has 2 aromatic rings. The Hall–Kier alpha value is -2.88. The van der Waals surface area contributed by atoms with Crippen LogP contribution in [0, 0.1) is 17.8 Å². The number of aromatic nitrogens is 4. The minimum atomic E-state index is -3.81. The van der Waals surface area contributed by atoms with Crippen LogP contribution in [-0.4, -0.2) is 103 Å². The van der Waals surface area contributed by atoms with Crippen LogP contribution in [0.4, 0.5) is 11.8 Å². The lowest BCUT2D eigenvalue weighted by Gasteiger charge is -2.30. The second-order valence-electron chi connectivity index (χ2n) is 14.1. The number of aliphatic hydroxyl groups excluding tert-OH is 1. The lowest BCUT2D eigenvalue weighted by Crippen LogP contribution is -2.43. The Morgan fingerprint density at radius 3 is 2.39 bits per heavy atom. The normalized spacial score (nSPS) is 28.7.